The summed E-state index contributed by atoms with van der Waals surface area (Å²) in [7, 11) is -3.46. The first-order valence-corrected chi connectivity index (χ1v) is 11.6. The fraction of sp³-hybridized carbons (Fsp3) is 0.250. The third-order valence-corrected chi connectivity index (χ3v) is 7.44. The minimum absolute atomic E-state index is 0. The lowest BCUT2D eigenvalue weighted by molar-refractivity contribution is 0.174. The van der Waals surface area contributed by atoms with Gasteiger partial charge in [0.05, 0.1) is 10.6 Å². The molecule has 1 aliphatic heterocycles. The molecule has 1 aliphatic rings. The van der Waals surface area contributed by atoms with Gasteiger partial charge in [0.1, 0.15) is 0 Å². The zero-order chi connectivity index (χ0) is 20.4. The van der Waals surface area contributed by atoms with E-state index in [4.69, 9.17) is 9.47 Å². The quantitative estimate of drug-likeness (QED) is 0.486. The molecule has 2 heterocycles. The van der Waals surface area contributed by atoms with Crippen molar-refractivity contribution in [2.75, 3.05) is 25.2 Å². The van der Waals surface area contributed by atoms with Gasteiger partial charge in [-0.05, 0) is 24.3 Å². The molecular formula is C20H22BrN3O4S2. The van der Waals surface area contributed by atoms with Gasteiger partial charge in [-0.15, -0.1) is 28.3 Å². The maximum Gasteiger partial charge on any atom is 0.243 e. The van der Waals surface area contributed by atoms with Crippen molar-refractivity contribution >= 4 is 49.2 Å². The number of sulfonamides is 1. The SMILES string of the molecule is Br.CCN(CC)S(=O)(=O)c1ccc(-c2csc(Nc3ccc4c(c3)OCO4)n2)cc1. The van der Waals surface area contributed by atoms with E-state index in [0.29, 0.717) is 23.7 Å². The molecule has 0 saturated heterocycles. The molecule has 0 fully saturated rings. The van der Waals surface area contributed by atoms with Crippen LogP contribution < -0.4 is 14.8 Å². The predicted octanol–water partition coefficient (Wildman–Crippen LogP) is 4.89. The molecule has 3 aromatic rings. The van der Waals surface area contributed by atoms with Crippen LogP contribution in [0.5, 0.6) is 11.5 Å². The van der Waals surface area contributed by atoms with Gasteiger partial charge in [0.25, 0.3) is 0 Å². The number of rotatable bonds is 7. The van der Waals surface area contributed by atoms with Crippen molar-refractivity contribution in [1.29, 1.82) is 0 Å². The maximum absolute atomic E-state index is 12.6. The molecule has 0 unspecified atom stereocenters. The third kappa shape index (κ3) is 4.46. The number of anilines is 2. The Balaban J connectivity index is 0.00000256. The lowest BCUT2D eigenvalue weighted by atomic mass is 10.2. The molecular weight excluding hydrogens is 490 g/mol. The Labute approximate surface area is 190 Å². The molecule has 0 aliphatic carbocycles. The number of benzene rings is 2. The van der Waals surface area contributed by atoms with E-state index < -0.39 is 10.0 Å². The predicted molar refractivity (Wildman–Crippen MR) is 124 cm³/mol. The van der Waals surface area contributed by atoms with Gasteiger partial charge in [0, 0.05) is 35.8 Å². The summed E-state index contributed by atoms with van der Waals surface area (Å²) in [5, 5.41) is 5.93. The summed E-state index contributed by atoms with van der Waals surface area (Å²) < 4.78 is 37.4. The Morgan fingerprint density at radius 1 is 1.07 bits per heavy atom. The summed E-state index contributed by atoms with van der Waals surface area (Å²) in [5.41, 5.74) is 2.50. The van der Waals surface area contributed by atoms with E-state index in [1.54, 1.807) is 24.3 Å². The van der Waals surface area contributed by atoms with Crippen LogP contribution in [-0.4, -0.2) is 37.6 Å². The number of fused-ring (bicyclic) bond motifs is 1. The zero-order valence-corrected chi connectivity index (χ0v) is 19.8. The van der Waals surface area contributed by atoms with Gasteiger partial charge < -0.3 is 14.8 Å². The van der Waals surface area contributed by atoms with E-state index in [1.807, 2.05) is 37.4 Å². The lowest BCUT2D eigenvalue weighted by Crippen LogP contribution is -2.30. The fourth-order valence-corrected chi connectivity index (χ4v) is 5.27. The van der Waals surface area contributed by atoms with Gasteiger partial charge in [0.2, 0.25) is 16.8 Å². The summed E-state index contributed by atoms with van der Waals surface area (Å²) in [6.07, 6.45) is 0. The highest BCUT2D eigenvalue weighted by Gasteiger charge is 2.21. The zero-order valence-electron chi connectivity index (χ0n) is 16.5. The molecule has 1 aromatic heterocycles. The van der Waals surface area contributed by atoms with Crippen molar-refractivity contribution in [2.45, 2.75) is 18.7 Å². The number of thiazole rings is 1. The largest absolute Gasteiger partial charge is 0.454 e. The normalized spacial score (nSPS) is 12.6. The van der Waals surface area contributed by atoms with Gasteiger partial charge in [-0.2, -0.15) is 4.31 Å². The Morgan fingerprint density at radius 2 is 1.77 bits per heavy atom. The maximum atomic E-state index is 12.6. The van der Waals surface area contributed by atoms with Gasteiger partial charge in [-0.3, -0.25) is 0 Å². The first-order chi connectivity index (χ1) is 14.0. The van der Waals surface area contributed by atoms with E-state index in [9.17, 15) is 8.42 Å². The van der Waals surface area contributed by atoms with Crippen molar-refractivity contribution in [3.8, 4) is 22.8 Å². The highest BCUT2D eigenvalue weighted by atomic mass is 79.9. The van der Waals surface area contributed by atoms with Crippen LogP contribution in [0.4, 0.5) is 10.8 Å². The van der Waals surface area contributed by atoms with Gasteiger partial charge in [-0.25, -0.2) is 13.4 Å². The first-order valence-electron chi connectivity index (χ1n) is 9.24. The van der Waals surface area contributed by atoms with E-state index >= 15 is 0 Å². The number of nitrogens with zero attached hydrogens (tertiary/aromatic N) is 2. The lowest BCUT2D eigenvalue weighted by Gasteiger charge is -2.18. The summed E-state index contributed by atoms with van der Waals surface area (Å²) in [6, 6.07) is 12.5. The number of nitrogens with one attached hydrogen (secondary N) is 1. The average molecular weight is 512 g/mol. The standard InChI is InChI=1S/C20H21N3O4S2.BrH/c1-3-23(4-2)29(24,25)16-8-5-14(6-9-16)17-12-28-20(22-17)21-15-7-10-18-19(11-15)27-13-26-18;/h5-12H,3-4,13H2,1-2H3,(H,21,22);1H. The van der Waals surface area contributed by atoms with Crippen molar-refractivity contribution < 1.29 is 17.9 Å². The van der Waals surface area contributed by atoms with Crippen LogP contribution >= 0.6 is 28.3 Å². The van der Waals surface area contributed by atoms with Gasteiger partial charge >= 0.3 is 0 Å². The van der Waals surface area contributed by atoms with Crippen LogP contribution in [-0.2, 0) is 10.0 Å². The molecule has 10 heteroatoms. The molecule has 0 radical (unpaired) electrons. The topological polar surface area (TPSA) is 80.8 Å². The van der Waals surface area contributed by atoms with Crippen molar-refractivity contribution in [2.24, 2.45) is 0 Å². The molecule has 4 rings (SSSR count). The molecule has 160 valence electrons. The highest BCUT2D eigenvalue weighted by Crippen LogP contribution is 2.36. The first kappa shape index (κ1) is 22.5. The molecule has 0 bridgehead atoms. The van der Waals surface area contributed by atoms with E-state index in [0.717, 1.165) is 27.8 Å². The van der Waals surface area contributed by atoms with Crippen LogP contribution in [0.3, 0.4) is 0 Å². The number of aromatic nitrogens is 1. The van der Waals surface area contributed by atoms with E-state index in [-0.39, 0.29) is 23.8 Å². The second-order valence-corrected chi connectivity index (χ2v) is 9.14. The van der Waals surface area contributed by atoms with Crippen LogP contribution in [0.25, 0.3) is 11.3 Å². The van der Waals surface area contributed by atoms with Crippen LogP contribution in [0.15, 0.2) is 52.7 Å². The van der Waals surface area contributed by atoms with Crippen molar-refractivity contribution in [3.63, 3.8) is 0 Å². The minimum Gasteiger partial charge on any atom is -0.454 e. The van der Waals surface area contributed by atoms with Crippen LogP contribution in [0.2, 0.25) is 0 Å². The third-order valence-electron chi connectivity index (χ3n) is 4.62. The minimum atomic E-state index is -3.46. The van der Waals surface area contributed by atoms with E-state index in [2.05, 4.69) is 10.3 Å². The number of halogens is 1. The Morgan fingerprint density at radius 3 is 2.47 bits per heavy atom. The molecule has 0 saturated carbocycles. The fourth-order valence-electron chi connectivity index (χ4n) is 3.07. The number of ether oxygens (including phenoxy) is 2. The summed E-state index contributed by atoms with van der Waals surface area (Å²) in [5.74, 6) is 1.44. The van der Waals surface area contributed by atoms with Crippen LogP contribution in [0.1, 0.15) is 13.8 Å². The molecule has 0 amide bonds. The number of hydrogen-bond acceptors (Lipinski definition) is 7. The summed E-state index contributed by atoms with van der Waals surface area (Å²) >= 11 is 1.47. The average Bonchev–Trinajstić information content (AvgIpc) is 3.38. The molecule has 2 aromatic carbocycles. The second-order valence-electron chi connectivity index (χ2n) is 6.34. The Bertz CT molecular complexity index is 1110. The second kappa shape index (κ2) is 9.34. The van der Waals surface area contributed by atoms with Gasteiger partial charge in [0.15, 0.2) is 16.6 Å². The molecule has 0 atom stereocenters. The molecule has 0 spiro atoms. The molecule has 30 heavy (non-hydrogen) atoms. The Hall–Kier alpha value is -2.14. The highest BCUT2D eigenvalue weighted by molar-refractivity contribution is 8.93. The number of hydrogen-bond donors (Lipinski definition) is 1. The monoisotopic (exact) mass is 511 g/mol. The molecule has 7 nitrogen and oxygen atoms in total. The summed E-state index contributed by atoms with van der Waals surface area (Å²) in [4.78, 5) is 4.89. The Kier molecular flexibility index (Phi) is 7.02. The smallest absolute Gasteiger partial charge is 0.243 e. The van der Waals surface area contributed by atoms with Crippen molar-refractivity contribution in [3.05, 3.63) is 47.8 Å². The van der Waals surface area contributed by atoms with Crippen molar-refractivity contribution in [1.82, 2.24) is 9.29 Å². The molecule has 1 N–H and O–H groups in total. The summed E-state index contributed by atoms with van der Waals surface area (Å²) in [6.45, 7) is 4.79. The van der Waals surface area contributed by atoms with E-state index in [1.165, 1.54) is 15.6 Å². The van der Waals surface area contributed by atoms with Gasteiger partial charge in [-0.1, -0.05) is 26.0 Å². The van der Waals surface area contributed by atoms with Crippen LogP contribution in [0, 0.1) is 0 Å².